The molecule has 0 radical (unpaired) electrons. The molecule has 3 rings (SSSR count). The number of primary amides is 1. The first-order valence-electron chi connectivity index (χ1n) is 10.5. The molecule has 0 bridgehead atoms. The lowest BCUT2D eigenvalue weighted by molar-refractivity contribution is -0.150. The van der Waals surface area contributed by atoms with Gasteiger partial charge >= 0.3 is 6.18 Å². The molecule has 2 aliphatic rings. The fraction of sp³-hybridized carbons (Fsp3) is 0.619. The second-order valence-electron chi connectivity index (χ2n) is 8.22. The van der Waals surface area contributed by atoms with E-state index in [1.165, 1.54) is 4.90 Å². The van der Waals surface area contributed by atoms with Crippen molar-refractivity contribution in [2.24, 2.45) is 5.73 Å². The number of rotatable bonds is 6. The number of piperazine rings is 1. The Bertz CT molecular complexity index is 789. The standard InChI is InChI=1S/C21H28ClF3N4O2/c22-18-3-1-15(13-17(18)20(26)31)2-4-19(30)29-7-5-16(6-8-29)28-11-9-27(10-12-28)14-21(23,24)25/h1,3,13,16H,2,4-12,14H2,(H2,26,31). The van der Waals surface area contributed by atoms with Gasteiger partial charge in [-0.15, -0.1) is 0 Å². The minimum absolute atomic E-state index is 0.0593. The van der Waals surface area contributed by atoms with Crippen LogP contribution in [0.2, 0.25) is 5.02 Å². The molecular weight excluding hydrogens is 433 g/mol. The number of aryl methyl sites for hydroxylation is 1. The summed E-state index contributed by atoms with van der Waals surface area (Å²) in [6.07, 6.45) is -1.66. The third-order valence-corrected chi connectivity index (χ3v) is 6.40. The Morgan fingerprint density at radius 3 is 2.29 bits per heavy atom. The van der Waals surface area contributed by atoms with Crippen molar-refractivity contribution in [3.63, 3.8) is 0 Å². The summed E-state index contributed by atoms with van der Waals surface area (Å²) < 4.78 is 37.6. The molecule has 2 aliphatic heterocycles. The summed E-state index contributed by atoms with van der Waals surface area (Å²) in [7, 11) is 0. The molecule has 31 heavy (non-hydrogen) atoms. The van der Waals surface area contributed by atoms with Crippen molar-refractivity contribution in [1.29, 1.82) is 0 Å². The minimum atomic E-state index is -4.15. The number of alkyl halides is 3. The maximum absolute atomic E-state index is 12.6. The van der Waals surface area contributed by atoms with Crippen molar-refractivity contribution < 1.29 is 22.8 Å². The molecule has 2 saturated heterocycles. The number of nitrogens with two attached hydrogens (primary N) is 1. The third kappa shape index (κ3) is 6.82. The number of benzene rings is 1. The molecular formula is C21H28ClF3N4O2. The second-order valence-corrected chi connectivity index (χ2v) is 8.62. The predicted molar refractivity (Wildman–Crippen MR) is 112 cm³/mol. The van der Waals surface area contributed by atoms with Gasteiger partial charge in [0.05, 0.1) is 17.1 Å². The largest absolute Gasteiger partial charge is 0.401 e. The van der Waals surface area contributed by atoms with Gasteiger partial charge in [-0.3, -0.25) is 19.4 Å². The zero-order chi connectivity index (χ0) is 22.6. The van der Waals surface area contributed by atoms with Crippen molar-refractivity contribution in [2.75, 3.05) is 45.8 Å². The summed E-state index contributed by atoms with van der Waals surface area (Å²) in [4.78, 5) is 29.6. The zero-order valence-electron chi connectivity index (χ0n) is 17.3. The molecule has 6 nitrogen and oxygen atoms in total. The highest BCUT2D eigenvalue weighted by atomic mass is 35.5. The molecule has 172 valence electrons. The summed E-state index contributed by atoms with van der Waals surface area (Å²) >= 11 is 5.96. The lowest BCUT2D eigenvalue weighted by atomic mass is 10.0. The lowest BCUT2D eigenvalue weighted by Crippen LogP contribution is -2.54. The monoisotopic (exact) mass is 460 g/mol. The molecule has 0 atom stereocenters. The highest BCUT2D eigenvalue weighted by molar-refractivity contribution is 6.33. The first-order valence-corrected chi connectivity index (χ1v) is 10.9. The summed E-state index contributed by atoms with van der Waals surface area (Å²) in [5.41, 5.74) is 6.39. The molecule has 0 saturated carbocycles. The summed E-state index contributed by atoms with van der Waals surface area (Å²) in [6.45, 7) is 2.57. The van der Waals surface area contributed by atoms with E-state index in [0.717, 1.165) is 18.4 Å². The van der Waals surface area contributed by atoms with Crippen molar-refractivity contribution in [2.45, 2.75) is 37.9 Å². The molecule has 0 unspecified atom stereocenters. The topological polar surface area (TPSA) is 69.9 Å². The van der Waals surface area contributed by atoms with Crippen LogP contribution in [0.25, 0.3) is 0 Å². The number of piperidine rings is 1. The Morgan fingerprint density at radius 1 is 1.06 bits per heavy atom. The summed E-state index contributed by atoms with van der Waals surface area (Å²) in [5.74, 6) is -0.538. The van der Waals surface area contributed by atoms with Gasteiger partial charge in [0.15, 0.2) is 0 Å². The van der Waals surface area contributed by atoms with E-state index in [9.17, 15) is 22.8 Å². The van der Waals surface area contributed by atoms with Crippen LogP contribution >= 0.6 is 11.6 Å². The van der Waals surface area contributed by atoms with E-state index in [1.807, 2.05) is 4.90 Å². The van der Waals surface area contributed by atoms with Crippen LogP contribution < -0.4 is 5.73 Å². The fourth-order valence-corrected chi connectivity index (χ4v) is 4.56. The molecule has 0 aliphatic carbocycles. The van der Waals surface area contributed by atoms with Crippen LogP contribution in [-0.4, -0.2) is 84.5 Å². The van der Waals surface area contributed by atoms with Gasteiger partial charge in [-0.2, -0.15) is 13.2 Å². The highest BCUT2D eigenvalue weighted by Gasteiger charge is 2.34. The van der Waals surface area contributed by atoms with E-state index in [4.69, 9.17) is 17.3 Å². The smallest absolute Gasteiger partial charge is 0.366 e. The van der Waals surface area contributed by atoms with Gasteiger partial charge in [-0.05, 0) is 37.0 Å². The molecule has 2 amide bonds. The number of amides is 2. The molecule has 0 spiro atoms. The highest BCUT2D eigenvalue weighted by Crippen LogP contribution is 2.22. The third-order valence-electron chi connectivity index (χ3n) is 6.07. The van der Waals surface area contributed by atoms with E-state index >= 15 is 0 Å². The normalized spacial score (nSPS) is 19.5. The number of carbonyl (C=O) groups is 2. The van der Waals surface area contributed by atoms with Crippen molar-refractivity contribution in [3.8, 4) is 0 Å². The number of likely N-dealkylation sites (tertiary alicyclic amines) is 1. The van der Waals surface area contributed by atoms with Gasteiger partial charge in [0, 0.05) is 51.7 Å². The number of halogens is 4. The zero-order valence-corrected chi connectivity index (χ0v) is 18.1. The Hall–Kier alpha value is -1.84. The molecule has 2 fully saturated rings. The van der Waals surface area contributed by atoms with Crippen LogP contribution in [-0.2, 0) is 11.2 Å². The van der Waals surface area contributed by atoms with Crippen LogP contribution in [0.3, 0.4) is 0 Å². The summed E-state index contributed by atoms with van der Waals surface area (Å²) in [5, 5.41) is 0.295. The quantitative estimate of drug-likeness (QED) is 0.708. The molecule has 1 aromatic rings. The van der Waals surface area contributed by atoms with Crippen molar-refractivity contribution in [3.05, 3.63) is 34.3 Å². The van der Waals surface area contributed by atoms with Gasteiger partial charge in [0.2, 0.25) is 11.8 Å². The minimum Gasteiger partial charge on any atom is -0.366 e. The molecule has 10 heteroatoms. The Kier molecular flexibility index (Phi) is 7.82. The van der Waals surface area contributed by atoms with E-state index in [0.29, 0.717) is 63.2 Å². The number of hydrogen-bond donors (Lipinski definition) is 1. The lowest BCUT2D eigenvalue weighted by Gasteiger charge is -2.42. The van der Waals surface area contributed by atoms with E-state index in [1.54, 1.807) is 18.2 Å². The van der Waals surface area contributed by atoms with Crippen LogP contribution in [0.4, 0.5) is 13.2 Å². The molecule has 0 aromatic heterocycles. The molecule has 2 N–H and O–H groups in total. The number of nitrogens with zero attached hydrogens (tertiary/aromatic N) is 3. The van der Waals surface area contributed by atoms with Gasteiger partial charge in [0.25, 0.3) is 0 Å². The Balaban J connectivity index is 1.41. The number of hydrogen-bond acceptors (Lipinski definition) is 4. The maximum atomic E-state index is 12.6. The SMILES string of the molecule is NC(=O)c1cc(CCC(=O)N2CCC(N3CCN(CC(F)(F)F)CC3)CC2)ccc1Cl. The first kappa shape index (κ1) is 23.8. The van der Waals surface area contributed by atoms with Gasteiger partial charge in [-0.1, -0.05) is 17.7 Å². The molecule has 1 aromatic carbocycles. The average molecular weight is 461 g/mol. The van der Waals surface area contributed by atoms with Crippen LogP contribution in [0.15, 0.2) is 18.2 Å². The molecule has 2 heterocycles. The second kappa shape index (κ2) is 10.2. The number of carbonyl (C=O) groups excluding carboxylic acids is 2. The average Bonchev–Trinajstić information content (AvgIpc) is 2.72. The Labute approximate surface area is 185 Å². The van der Waals surface area contributed by atoms with Crippen molar-refractivity contribution >= 4 is 23.4 Å². The van der Waals surface area contributed by atoms with Gasteiger partial charge in [0.1, 0.15) is 0 Å². The van der Waals surface area contributed by atoms with Crippen LogP contribution in [0.1, 0.15) is 35.2 Å². The van der Waals surface area contributed by atoms with Crippen LogP contribution in [0.5, 0.6) is 0 Å². The van der Waals surface area contributed by atoms with Gasteiger partial charge < -0.3 is 10.6 Å². The fourth-order valence-electron chi connectivity index (χ4n) is 4.35. The van der Waals surface area contributed by atoms with Crippen molar-refractivity contribution in [1.82, 2.24) is 14.7 Å². The van der Waals surface area contributed by atoms with Gasteiger partial charge in [-0.25, -0.2) is 0 Å². The Morgan fingerprint density at radius 2 is 1.71 bits per heavy atom. The maximum Gasteiger partial charge on any atom is 0.401 e. The summed E-state index contributed by atoms with van der Waals surface area (Å²) in [6, 6.07) is 5.34. The van der Waals surface area contributed by atoms with E-state index < -0.39 is 18.6 Å². The first-order chi connectivity index (χ1) is 14.6. The van der Waals surface area contributed by atoms with E-state index in [2.05, 4.69) is 4.90 Å². The van der Waals surface area contributed by atoms with E-state index in [-0.39, 0.29) is 11.5 Å². The van der Waals surface area contributed by atoms with Crippen LogP contribution in [0, 0.1) is 0 Å². The predicted octanol–water partition coefficient (Wildman–Crippen LogP) is 2.54.